The molecule has 1 saturated heterocycles. The van der Waals surface area contributed by atoms with E-state index in [1.807, 2.05) is 0 Å². The van der Waals surface area contributed by atoms with E-state index in [0.717, 1.165) is 44.1 Å². The molecule has 1 aromatic carbocycles. The maximum atomic E-state index is 12.3. The van der Waals surface area contributed by atoms with Gasteiger partial charge < -0.3 is 5.73 Å². The Morgan fingerprint density at radius 1 is 1.14 bits per heavy atom. The lowest BCUT2D eigenvalue weighted by Gasteiger charge is -2.31. The van der Waals surface area contributed by atoms with Gasteiger partial charge in [-0.05, 0) is 74.3 Å². The molecule has 118 valence electrons. The average molecular weight is 318 g/mol. The van der Waals surface area contributed by atoms with Crippen LogP contribution in [0, 0.1) is 5.92 Å². The molecule has 1 aliphatic rings. The summed E-state index contributed by atoms with van der Waals surface area (Å²) < 4.78 is 36.8. The van der Waals surface area contributed by atoms with Crippen LogP contribution in [-0.2, 0) is 6.54 Å². The van der Waals surface area contributed by atoms with E-state index in [0.29, 0.717) is 0 Å². The number of alkyl halides is 3. The second kappa shape index (κ2) is 7.51. The van der Waals surface area contributed by atoms with Crippen molar-refractivity contribution in [2.24, 2.45) is 11.7 Å². The molecule has 1 aromatic rings. The Labute approximate surface area is 127 Å². The molecular formula is C15H21F3N2S. The number of hydrogen-bond acceptors (Lipinski definition) is 3. The van der Waals surface area contributed by atoms with E-state index >= 15 is 0 Å². The van der Waals surface area contributed by atoms with Crippen molar-refractivity contribution in [1.29, 1.82) is 0 Å². The third-order valence-corrected chi connectivity index (χ3v) is 4.58. The van der Waals surface area contributed by atoms with Crippen molar-refractivity contribution >= 4 is 11.8 Å². The van der Waals surface area contributed by atoms with Crippen molar-refractivity contribution in [3.8, 4) is 0 Å². The first kappa shape index (κ1) is 16.6. The maximum absolute atomic E-state index is 12.3. The molecule has 2 N–H and O–H groups in total. The molecule has 2 nitrogen and oxygen atoms in total. The molecule has 0 bridgehead atoms. The normalized spacial score (nSPS) is 18.1. The second-order valence-corrected chi connectivity index (χ2v) is 6.63. The van der Waals surface area contributed by atoms with Gasteiger partial charge in [0.05, 0.1) is 0 Å². The van der Waals surface area contributed by atoms with E-state index in [4.69, 9.17) is 5.73 Å². The first-order chi connectivity index (χ1) is 9.96. The third-order valence-electron chi connectivity index (χ3n) is 3.85. The summed E-state index contributed by atoms with van der Waals surface area (Å²) in [5, 5.41) is 0. The molecule has 0 unspecified atom stereocenters. The lowest BCUT2D eigenvalue weighted by molar-refractivity contribution is -0.0328. The van der Waals surface area contributed by atoms with Gasteiger partial charge in [0.2, 0.25) is 0 Å². The first-order valence-electron chi connectivity index (χ1n) is 7.23. The maximum Gasteiger partial charge on any atom is 0.446 e. The standard InChI is InChI=1S/C15H21F3N2S/c16-15(17,18)21-14-3-1-13(2-4-14)11-20-9-6-12(5-8-19)7-10-20/h1-4,12H,5-11,19H2. The van der Waals surface area contributed by atoms with Gasteiger partial charge in [-0.3, -0.25) is 4.90 Å². The summed E-state index contributed by atoms with van der Waals surface area (Å²) in [5.41, 5.74) is 2.43. The molecule has 0 spiro atoms. The quantitative estimate of drug-likeness (QED) is 0.836. The molecule has 0 aromatic heterocycles. The number of rotatable bonds is 5. The van der Waals surface area contributed by atoms with Crippen LogP contribution < -0.4 is 5.73 Å². The molecule has 0 amide bonds. The van der Waals surface area contributed by atoms with Gasteiger partial charge in [0.25, 0.3) is 0 Å². The van der Waals surface area contributed by atoms with Crippen LogP contribution in [0.4, 0.5) is 13.2 Å². The van der Waals surface area contributed by atoms with E-state index in [1.165, 1.54) is 12.8 Å². The Morgan fingerprint density at radius 3 is 2.29 bits per heavy atom. The van der Waals surface area contributed by atoms with Crippen LogP contribution in [-0.4, -0.2) is 30.0 Å². The molecule has 1 aliphatic heterocycles. The number of likely N-dealkylation sites (tertiary alicyclic amines) is 1. The molecule has 1 heterocycles. The summed E-state index contributed by atoms with van der Waals surface area (Å²) in [6.45, 7) is 3.66. The molecule has 21 heavy (non-hydrogen) atoms. The molecule has 1 fully saturated rings. The number of piperidine rings is 1. The van der Waals surface area contributed by atoms with Gasteiger partial charge in [0.1, 0.15) is 0 Å². The Hall–Kier alpha value is -0.720. The molecule has 2 rings (SSSR count). The molecular weight excluding hydrogens is 297 g/mol. The van der Waals surface area contributed by atoms with E-state index in [-0.39, 0.29) is 16.7 Å². The van der Waals surface area contributed by atoms with Crippen molar-refractivity contribution in [3.63, 3.8) is 0 Å². The number of nitrogens with zero attached hydrogens (tertiary/aromatic N) is 1. The van der Waals surface area contributed by atoms with Crippen LogP contribution in [0.2, 0.25) is 0 Å². The minimum Gasteiger partial charge on any atom is -0.330 e. The van der Waals surface area contributed by atoms with E-state index in [1.54, 1.807) is 24.3 Å². The van der Waals surface area contributed by atoms with E-state index in [9.17, 15) is 13.2 Å². The largest absolute Gasteiger partial charge is 0.446 e. The van der Waals surface area contributed by atoms with Gasteiger partial charge in [-0.1, -0.05) is 12.1 Å². The summed E-state index contributed by atoms with van der Waals surface area (Å²) in [4.78, 5) is 2.60. The minimum atomic E-state index is -4.22. The summed E-state index contributed by atoms with van der Waals surface area (Å²) in [6.07, 6.45) is 3.43. The highest BCUT2D eigenvalue weighted by atomic mass is 32.2. The van der Waals surface area contributed by atoms with Crippen LogP contribution in [0.15, 0.2) is 29.2 Å². The monoisotopic (exact) mass is 318 g/mol. The van der Waals surface area contributed by atoms with Gasteiger partial charge in [-0.15, -0.1) is 0 Å². The Bertz CT molecular complexity index is 426. The lowest BCUT2D eigenvalue weighted by atomic mass is 9.93. The zero-order valence-corrected chi connectivity index (χ0v) is 12.7. The van der Waals surface area contributed by atoms with Gasteiger partial charge in [-0.25, -0.2) is 0 Å². The van der Waals surface area contributed by atoms with Crippen LogP contribution in [0.5, 0.6) is 0 Å². The van der Waals surface area contributed by atoms with E-state index in [2.05, 4.69) is 4.90 Å². The molecule has 6 heteroatoms. The minimum absolute atomic E-state index is 0.0642. The Balaban J connectivity index is 1.81. The van der Waals surface area contributed by atoms with Crippen molar-refractivity contribution in [2.75, 3.05) is 19.6 Å². The van der Waals surface area contributed by atoms with Crippen molar-refractivity contribution in [1.82, 2.24) is 4.90 Å². The number of halogens is 3. The first-order valence-corrected chi connectivity index (χ1v) is 8.05. The molecule has 0 radical (unpaired) electrons. The highest BCUT2D eigenvalue weighted by Gasteiger charge is 2.29. The molecule has 0 saturated carbocycles. The smallest absolute Gasteiger partial charge is 0.330 e. The lowest BCUT2D eigenvalue weighted by Crippen LogP contribution is -2.33. The van der Waals surface area contributed by atoms with Crippen molar-refractivity contribution < 1.29 is 13.2 Å². The second-order valence-electron chi connectivity index (χ2n) is 5.49. The summed E-state index contributed by atoms with van der Waals surface area (Å²) in [5.74, 6) is 0.733. The third kappa shape index (κ3) is 5.88. The van der Waals surface area contributed by atoms with Crippen LogP contribution >= 0.6 is 11.8 Å². The zero-order chi connectivity index (χ0) is 15.3. The van der Waals surface area contributed by atoms with Crippen LogP contribution in [0.1, 0.15) is 24.8 Å². The average Bonchev–Trinajstić information content (AvgIpc) is 2.42. The van der Waals surface area contributed by atoms with Crippen LogP contribution in [0.3, 0.4) is 0 Å². The predicted molar refractivity (Wildman–Crippen MR) is 80.0 cm³/mol. The van der Waals surface area contributed by atoms with Gasteiger partial charge in [0.15, 0.2) is 0 Å². The summed E-state index contributed by atoms with van der Waals surface area (Å²) in [6, 6.07) is 6.68. The number of benzene rings is 1. The van der Waals surface area contributed by atoms with Crippen molar-refractivity contribution in [2.45, 2.75) is 36.2 Å². The highest BCUT2D eigenvalue weighted by Crippen LogP contribution is 2.36. The van der Waals surface area contributed by atoms with Gasteiger partial charge in [0, 0.05) is 11.4 Å². The van der Waals surface area contributed by atoms with Gasteiger partial charge >= 0.3 is 5.51 Å². The summed E-state index contributed by atoms with van der Waals surface area (Å²) in [7, 11) is 0. The Kier molecular flexibility index (Phi) is 5.96. The molecule has 0 atom stereocenters. The van der Waals surface area contributed by atoms with E-state index < -0.39 is 5.51 Å². The van der Waals surface area contributed by atoms with Crippen LogP contribution in [0.25, 0.3) is 0 Å². The molecule has 0 aliphatic carbocycles. The predicted octanol–water partition coefficient (Wildman–Crippen LogP) is 3.86. The fraction of sp³-hybridized carbons (Fsp3) is 0.600. The number of hydrogen-bond donors (Lipinski definition) is 1. The number of thioether (sulfide) groups is 1. The number of nitrogens with two attached hydrogens (primary N) is 1. The Morgan fingerprint density at radius 2 is 1.76 bits per heavy atom. The summed E-state index contributed by atoms with van der Waals surface area (Å²) >= 11 is -0.0642. The van der Waals surface area contributed by atoms with Crippen molar-refractivity contribution in [3.05, 3.63) is 29.8 Å². The fourth-order valence-electron chi connectivity index (χ4n) is 2.72. The van der Waals surface area contributed by atoms with Gasteiger partial charge in [-0.2, -0.15) is 13.2 Å². The topological polar surface area (TPSA) is 29.3 Å². The fourth-order valence-corrected chi connectivity index (χ4v) is 3.26. The highest BCUT2D eigenvalue weighted by molar-refractivity contribution is 8.00. The SMILES string of the molecule is NCCC1CCN(Cc2ccc(SC(F)(F)F)cc2)CC1. The zero-order valence-electron chi connectivity index (χ0n) is 11.9.